The van der Waals surface area contributed by atoms with Crippen molar-refractivity contribution in [3.8, 4) is 0 Å². The van der Waals surface area contributed by atoms with Crippen LogP contribution in [0.2, 0.25) is 0 Å². The summed E-state index contributed by atoms with van der Waals surface area (Å²) >= 11 is 4.64. The number of amides is 1. The molecule has 1 amide bonds. The summed E-state index contributed by atoms with van der Waals surface area (Å²) in [5, 5.41) is 0.659. The Balaban J connectivity index is 1.69. The first-order valence-electron chi connectivity index (χ1n) is 8.33. The molecule has 1 aromatic heterocycles. The van der Waals surface area contributed by atoms with E-state index in [4.69, 9.17) is 4.42 Å². The van der Waals surface area contributed by atoms with E-state index >= 15 is 0 Å². The van der Waals surface area contributed by atoms with Gasteiger partial charge in [-0.3, -0.25) is 9.69 Å². The number of halogens is 1. The lowest BCUT2D eigenvalue weighted by molar-refractivity contribution is -0.122. The molecule has 1 fully saturated rings. The van der Waals surface area contributed by atoms with E-state index in [1.54, 1.807) is 17.0 Å². The molecule has 6 heteroatoms. The number of rotatable bonds is 4. The Morgan fingerprint density at radius 1 is 1.00 bits per heavy atom. The topological polar surface area (TPSA) is 45.8 Å². The van der Waals surface area contributed by atoms with Crippen molar-refractivity contribution in [2.45, 2.75) is 6.54 Å². The molecule has 0 aliphatic carbocycles. The standard InChI is InChI=1S/C21H15BrN2O2S/c22-19-12-11-17(26-19)13-18-20(25)24(14-15-7-3-1-4-8-15)21(27-18)23-16-9-5-2-6-10-16/h1-13H,14H2/b18-13+,23-21?. The first kappa shape index (κ1) is 17.8. The molecule has 0 bridgehead atoms. The van der Waals surface area contributed by atoms with Crippen LogP contribution >= 0.6 is 27.7 Å². The zero-order valence-electron chi connectivity index (χ0n) is 14.2. The molecule has 0 atom stereocenters. The minimum Gasteiger partial charge on any atom is -0.450 e. The maximum absolute atomic E-state index is 13.0. The normalized spacial score (nSPS) is 17.2. The highest BCUT2D eigenvalue weighted by molar-refractivity contribution is 9.10. The highest BCUT2D eigenvalue weighted by Gasteiger charge is 2.33. The molecule has 27 heavy (non-hydrogen) atoms. The Morgan fingerprint density at radius 2 is 1.70 bits per heavy atom. The van der Waals surface area contributed by atoms with Crippen molar-refractivity contribution in [3.63, 3.8) is 0 Å². The molecular formula is C21H15BrN2O2S. The summed E-state index contributed by atoms with van der Waals surface area (Å²) in [6.45, 7) is 0.470. The largest absolute Gasteiger partial charge is 0.450 e. The number of amidine groups is 1. The highest BCUT2D eigenvalue weighted by Crippen LogP contribution is 2.35. The third-order valence-corrected chi connectivity index (χ3v) is 5.35. The van der Waals surface area contributed by atoms with Crippen molar-refractivity contribution in [1.29, 1.82) is 0 Å². The van der Waals surface area contributed by atoms with Crippen LogP contribution in [0.4, 0.5) is 5.69 Å². The Kier molecular flexibility index (Phi) is 5.27. The molecular weight excluding hydrogens is 424 g/mol. The van der Waals surface area contributed by atoms with Crippen LogP contribution in [0, 0.1) is 0 Å². The fraction of sp³-hybridized carbons (Fsp3) is 0.0476. The van der Waals surface area contributed by atoms with Crippen molar-refractivity contribution in [1.82, 2.24) is 4.90 Å². The van der Waals surface area contributed by atoms with E-state index < -0.39 is 0 Å². The van der Waals surface area contributed by atoms with E-state index in [2.05, 4.69) is 20.9 Å². The average Bonchev–Trinajstić information content (AvgIpc) is 3.22. The van der Waals surface area contributed by atoms with Crippen LogP contribution in [0.5, 0.6) is 0 Å². The minimum absolute atomic E-state index is 0.0777. The lowest BCUT2D eigenvalue weighted by atomic mass is 10.2. The van der Waals surface area contributed by atoms with Gasteiger partial charge in [0.1, 0.15) is 5.76 Å². The molecule has 134 valence electrons. The lowest BCUT2D eigenvalue weighted by Crippen LogP contribution is -2.28. The third kappa shape index (κ3) is 4.23. The van der Waals surface area contributed by atoms with Crippen LogP contribution in [0.25, 0.3) is 6.08 Å². The molecule has 2 heterocycles. The zero-order chi connectivity index (χ0) is 18.6. The number of carbonyl (C=O) groups is 1. The Bertz CT molecular complexity index is 1010. The molecule has 0 N–H and O–H groups in total. The van der Waals surface area contributed by atoms with E-state index in [-0.39, 0.29) is 5.91 Å². The smallest absolute Gasteiger partial charge is 0.267 e. The van der Waals surface area contributed by atoms with Gasteiger partial charge in [0.2, 0.25) is 0 Å². The summed E-state index contributed by atoms with van der Waals surface area (Å²) in [5.41, 5.74) is 1.86. The monoisotopic (exact) mass is 438 g/mol. The number of furan rings is 1. The molecule has 1 aliphatic rings. The van der Waals surface area contributed by atoms with E-state index in [1.807, 2.05) is 66.7 Å². The lowest BCUT2D eigenvalue weighted by Gasteiger charge is -2.15. The minimum atomic E-state index is -0.0777. The van der Waals surface area contributed by atoms with E-state index in [0.29, 0.717) is 27.0 Å². The van der Waals surface area contributed by atoms with Crippen LogP contribution in [-0.2, 0) is 11.3 Å². The third-order valence-electron chi connectivity index (χ3n) is 3.92. The van der Waals surface area contributed by atoms with E-state index in [1.165, 1.54) is 11.8 Å². The van der Waals surface area contributed by atoms with Gasteiger partial charge in [-0.1, -0.05) is 48.5 Å². The first-order chi connectivity index (χ1) is 13.2. The maximum atomic E-state index is 13.0. The predicted octanol–water partition coefficient (Wildman–Crippen LogP) is 5.85. The van der Waals surface area contributed by atoms with Gasteiger partial charge in [0, 0.05) is 6.08 Å². The summed E-state index contributed by atoms with van der Waals surface area (Å²) in [7, 11) is 0. The average molecular weight is 439 g/mol. The molecule has 4 rings (SSSR count). The van der Waals surface area contributed by atoms with Crippen LogP contribution in [0.15, 0.2) is 91.8 Å². The number of para-hydroxylation sites is 1. The molecule has 4 nitrogen and oxygen atoms in total. The van der Waals surface area contributed by atoms with Crippen LogP contribution < -0.4 is 0 Å². The number of thioether (sulfide) groups is 1. The van der Waals surface area contributed by atoms with Gasteiger partial charge in [0.05, 0.1) is 17.1 Å². The molecule has 1 aliphatic heterocycles. The second kappa shape index (κ2) is 7.98. The van der Waals surface area contributed by atoms with Gasteiger partial charge in [-0.25, -0.2) is 4.99 Å². The van der Waals surface area contributed by atoms with Crippen molar-refractivity contribution in [3.05, 3.63) is 93.7 Å². The van der Waals surface area contributed by atoms with E-state index in [9.17, 15) is 4.79 Å². The maximum Gasteiger partial charge on any atom is 0.267 e. The van der Waals surface area contributed by atoms with E-state index in [0.717, 1.165) is 11.3 Å². The Hall–Kier alpha value is -2.57. The van der Waals surface area contributed by atoms with Crippen molar-refractivity contribution >= 4 is 50.5 Å². The zero-order valence-corrected chi connectivity index (χ0v) is 16.6. The summed E-state index contributed by atoms with van der Waals surface area (Å²) < 4.78 is 6.15. The number of hydrogen-bond donors (Lipinski definition) is 0. The number of benzene rings is 2. The van der Waals surface area contributed by atoms with Gasteiger partial charge in [0.15, 0.2) is 9.84 Å². The number of carbonyl (C=O) groups excluding carboxylic acids is 1. The van der Waals surface area contributed by atoms with Gasteiger partial charge < -0.3 is 4.42 Å². The molecule has 3 aromatic rings. The fourth-order valence-corrected chi connectivity index (χ4v) is 3.94. The number of hydrogen-bond acceptors (Lipinski definition) is 4. The number of nitrogens with zero attached hydrogens (tertiary/aromatic N) is 2. The molecule has 2 aromatic carbocycles. The Labute approximate surface area is 169 Å². The fourth-order valence-electron chi connectivity index (χ4n) is 2.64. The number of aliphatic imine (C=N–C) groups is 1. The quantitative estimate of drug-likeness (QED) is 0.480. The summed E-state index contributed by atoms with van der Waals surface area (Å²) in [5.74, 6) is 0.546. The summed E-state index contributed by atoms with van der Waals surface area (Å²) in [6, 6.07) is 23.2. The van der Waals surface area contributed by atoms with Crippen LogP contribution in [-0.4, -0.2) is 16.0 Å². The van der Waals surface area contributed by atoms with Crippen LogP contribution in [0.3, 0.4) is 0 Å². The summed E-state index contributed by atoms with van der Waals surface area (Å²) in [6.07, 6.45) is 1.75. The van der Waals surface area contributed by atoms with Gasteiger partial charge in [-0.2, -0.15) is 0 Å². The predicted molar refractivity (Wildman–Crippen MR) is 113 cm³/mol. The first-order valence-corrected chi connectivity index (χ1v) is 9.94. The van der Waals surface area contributed by atoms with Crippen molar-refractivity contribution in [2.24, 2.45) is 4.99 Å². The van der Waals surface area contributed by atoms with Gasteiger partial charge >= 0.3 is 0 Å². The molecule has 1 saturated heterocycles. The molecule has 0 unspecified atom stereocenters. The molecule has 0 saturated carbocycles. The van der Waals surface area contributed by atoms with Gasteiger partial charge in [-0.05, 0) is 57.5 Å². The van der Waals surface area contributed by atoms with Gasteiger partial charge in [0.25, 0.3) is 5.91 Å². The Morgan fingerprint density at radius 3 is 2.37 bits per heavy atom. The molecule has 0 radical (unpaired) electrons. The second-order valence-electron chi connectivity index (χ2n) is 5.86. The summed E-state index contributed by atoms with van der Waals surface area (Å²) in [4.78, 5) is 20.0. The van der Waals surface area contributed by atoms with Crippen molar-refractivity contribution in [2.75, 3.05) is 0 Å². The van der Waals surface area contributed by atoms with Gasteiger partial charge in [-0.15, -0.1) is 0 Å². The highest BCUT2D eigenvalue weighted by atomic mass is 79.9. The second-order valence-corrected chi connectivity index (χ2v) is 7.65. The molecule has 0 spiro atoms. The van der Waals surface area contributed by atoms with Crippen LogP contribution in [0.1, 0.15) is 11.3 Å². The van der Waals surface area contributed by atoms with Crippen molar-refractivity contribution < 1.29 is 9.21 Å². The SMILES string of the molecule is O=C1/C(=C\c2ccc(Br)o2)SC(=Nc2ccccc2)N1Cc1ccccc1.